The molecule has 0 bridgehead atoms. The molecule has 25 heavy (non-hydrogen) atoms. The van der Waals surface area contributed by atoms with E-state index in [0.29, 0.717) is 6.54 Å². The number of ether oxygens (including phenoxy) is 1. The zero-order valence-corrected chi connectivity index (χ0v) is 13.2. The molecule has 0 aliphatic carbocycles. The van der Waals surface area contributed by atoms with Crippen molar-refractivity contribution in [3.05, 3.63) is 30.1 Å². The lowest BCUT2D eigenvalue weighted by atomic mass is 10.1. The second-order valence-electron chi connectivity index (χ2n) is 5.74. The fourth-order valence-corrected chi connectivity index (χ4v) is 2.81. The van der Waals surface area contributed by atoms with E-state index in [1.807, 2.05) is 0 Å². The molecule has 8 nitrogen and oxygen atoms in total. The van der Waals surface area contributed by atoms with Crippen LogP contribution in [0.25, 0.3) is 0 Å². The summed E-state index contributed by atoms with van der Waals surface area (Å²) in [5.41, 5.74) is 0.104. The second-order valence-corrected chi connectivity index (χ2v) is 5.74. The number of nitrogens with zero attached hydrogens (tertiary/aromatic N) is 2. The molecule has 1 aromatic carbocycles. The standard InChI is InChI=1S/C16H16FN3O5/c17-11-3-1-2-4-12(11)20-8-10(7-13(20)21)15(23)25-9-14(22)19-6-5-18-16(19)24/h1-4,10H,5-9H2,(H,18,24)/t10-/m0/s1. The van der Waals surface area contributed by atoms with E-state index in [0.717, 1.165) is 4.90 Å². The van der Waals surface area contributed by atoms with Gasteiger partial charge in [0.15, 0.2) is 6.61 Å². The Labute approximate surface area is 142 Å². The van der Waals surface area contributed by atoms with Crippen LogP contribution in [0.3, 0.4) is 0 Å². The molecule has 2 aliphatic heterocycles. The van der Waals surface area contributed by atoms with Crippen molar-refractivity contribution in [2.75, 3.05) is 31.1 Å². The molecule has 9 heteroatoms. The van der Waals surface area contributed by atoms with E-state index in [2.05, 4.69) is 5.32 Å². The van der Waals surface area contributed by atoms with Gasteiger partial charge in [0.25, 0.3) is 5.91 Å². The quantitative estimate of drug-likeness (QED) is 0.788. The Balaban J connectivity index is 1.57. The lowest BCUT2D eigenvalue weighted by molar-refractivity contribution is -0.154. The fourth-order valence-electron chi connectivity index (χ4n) is 2.81. The number of esters is 1. The van der Waals surface area contributed by atoms with Crippen LogP contribution in [0.5, 0.6) is 0 Å². The number of hydrogen-bond acceptors (Lipinski definition) is 5. The average Bonchev–Trinajstić information content (AvgIpc) is 3.19. The third-order valence-electron chi connectivity index (χ3n) is 4.10. The normalized spacial score (nSPS) is 20.0. The monoisotopic (exact) mass is 349 g/mol. The predicted molar refractivity (Wildman–Crippen MR) is 82.9 cm³/mol. The number of carbonyl (C=O) groups excluding carboxylic acids is 4. The molecule has 0 spiro atoms. The molecule has 4 amide bonds. The summed E-state index contributed by atoms with van der Waals surface area (Å²) in [7, 11) is 0. The van der Waals surface area contributed by atoms with Gasteiger partial charge in [0.1, 0.15) is 5.82 Å². The van der Waals surface area contributed by atoms with Gasteiger partial charge >= 0.3 is 12.0 Å². The van der Waals surface area contributed by atoms with E-state index >= 15 is 0 Å². The summed E-state index contributed by atoms with van der Waals surface area (Å²) in [6.07, 6.45) is -0.119. The first-order chi connectivity index (χ1) is 12.0. The van der Waals surface area contributed by atoms with Gasteiger partial charge in [0, 0.05) is 26.1 Å². The van der Waals surface area contributed by atoms with Gasteiger partial charge in [-0.15, -0.1) is 0 Å². The van der Waals surface area contributed by atoms with Crippen LogP contribution in [0, 0.1) is 11.7 Å². The van der Waals surface area contributed by atoms with Crippen LogP contribution < -0.4 is 10.2 Å². The molecular formula is C16H16FN3O5. The third kappa shape index (κ3) is 3.44. The molecule has 3 rings (SSSR count). The van der Waals surface area contributed by atoms with Crippen molar-refractivity contribution < 1.29 is 28.3 Å². The Bertz CT molecular complexity index is 738. The fraction of sp³-hybridized carbons (Fsp3) is 0.375. The van der Waals surface area contributed by atoms with Gasteiger partial charge in [-0.3, -0.25) is 19.3 Å². The highest BCUT2D eigenvalue weighted by atomic mass is 19.1. The summed E-state index contributed by atoms with van der Waals surface area (Å²) in [6.45, 7) is -0.0148. The van der Waals surface area contributed by atoms with Crippen LogP contribution in [0.15, 0.2) is 24.3 Å². The largest absolute Gasteiger partial charge is 0.455 e. The number of anilines is 1. The average molecular weight is 349 g/mol. The number of carbonyl (C=O) groups is 4. The second kappa shape index (κ2) is 6.88. The van der Waals surface area contributed by atoms with Crippen molar-refractivity contribution >= 4 is 29.5 Å². The minimum absolute atomic E-state index is 0.0169. The summed E-state index contributed by atoms with van der Waals surface area (Å²) >= 11 is 0. The number of imide groups is 1. The van der Waals surface area contributed by atoms with E-state index in [1.54, 1.807) is 6.07 Å². The molecule has 0 unspecified atom stereocenters. The maximum absolute atomic E-state index is 13.8. The number of urea groups is 1. The minimum Gasteiger partial charge on any atom is -0.455 e. The zero-order valence-electron chi connectivity index (χ0n) is 13.2. The van der Waals surface area contributed by atoms with Gasteiger partial charge in [-0.1, -0.05) is 12.1 Å². The zero-order chi connectivity index (χ0) is 18.0. The molecular weight excluding hydrogens is 333 g/mol. The summed E-state index contributed by atoms with van der Waals surface area (Å²) in [4.78, 5) is 49.5. The molecule has 0 radical (unpaired) electrons. The van der Waals surface area contributed by atoms with Crippen LogP contribution in [0.2, 0.25) is 0 Å². The lowest BCUT2D eigenvalue weighted by Crippen LogP contribution is -2.38. The number of para-hydroxylation sites is 1. The van der Waals surface area contributed by atoms with Gasteiger partial charge in [-0.2, -0.15) is 0 Å². The van der Waals surface area contributed by atoms with Gasteiger partial charge in [-0.05, 0) is 12.1 Å². The first-order valence-electron chi connectivity index (χ1n) is 7.77. The van der Waals surface area contributed by atoms with Crippen molar-refractivity contribution in [2.45, 2.75) is 6.42 Å². The smallest absolute Gasteiger partial charge is 0.324 e. The number of rotatable bonds is 4. The Morgan fingerprint density at radius 3 is 2.72 bits per heavy atom. The minimum atomic E-state index is -0.785. The summed E-state index contributed by atoms with van der Waals surface area (Å²) < 4.78 is 18.7. The van der Waals surface area contributed by atoms with Crippen molar-refractivity contribution in [1.82, 2.24) is 10.2 Å². The molecule has 1 N–H and O–H groups in total. The SMILES string of the molecule is O=C(OCC(=O)N1CCNC1=O)[C@H]1CC(=O)N(c2ccccc2F)C1. The molecule has 2 aliphatic rings. The van der Waals surface area contributed by atoms with E-state index < -0.39 is 42.2 Å². The number of amides is 4. The molecule has 2 fully saturated rings. The van der Waals surface area contributed by atoms with Gasteiger partial charge in [-0.25, -0.2) is 9.18 Å². The first kappa shape index (κ1) is 16.9. The Hall–Kier alpha value is -2.97. The van der Waals surface area contributed by atoms with E-state index in [4.69, 9.17) is 4.74 Å². The van der Waals surface area contributed by atoms with Gasteiger partial charge < -0.3 is 15.0 Å². The first-order valence-corrected chi connectivity index (χ1v) is 7.77. The van der Waals surface area contributed by atoms with Crippen LogP contribution >= 0.6 is 0 Å². The highest BCUT2D eigenvalue weighted by molar-refractivity contribution is 6.00. The third-order valence-corrected chi connectivity index (χ3v) is 4.10. The molecule has 2 heterocycles. The summed E-state index contributed by atoms with van der Waals surface area (Å²) in [6, 6.07) is 5.26. The van der Waals surface area contributed by atoms with Gasteiger partial charge in [0.05, 0.1) is 11.6 Å². The Kier molecular flexibility index (Phi) is 4.64. The van der Waals surface area contributed by atoms with E-state index in [1.165, 1.54) is 23.1 Å². The maximum Gasteiger partial charge on any atom is 0.324 e. The number of hydrogen-bond donors (Lipinski definition) is 1. The molecule has 132 valence electrons. The maximum atomic E-state index is 13.8. The van der Waals surface area contributed by atoms with Crippen LogP contribution in [-0.2, 0) is 19.1 Å². The molecule has 1 aromatic rings. The molecule has 2 saturated heterocycles. The van der Waals surface area contributed by atoms with Gasteiger partial charge in [0.2, 0.25) is 5.91 Å². The van der Waals surface area contributed by atoms with Crippen LogP contribution in [-0.4, -0.2) is 55.0 Å². The molecule has 0 aromatic heterocycles. The highest BCUT2D eigenvalue weighted by Crippen LogP contribution is 2.27. The van der Waals surface area contributed by atoms with Crippen molar-refractivity contribution in [3.63, 3.8) is 0 Å². The molecule has 0 saturated carbocycles. The van der Waals surface area contributed by atoms with Crippen molar-refractivity contribution in [2.24, 2.45) is 5.92 Å². The predicted octanol–water partition coefficient (Wildman–Crippen LogP) is 0.274. The van der Waals surface area contributed by atoms with Crippen molar-refractivity contribution in [3.8, 4) is 0 Å². The number of halogens is 1. The number of benzene rings is 1. The van der Waals surface area contributed by atoms with E-state index in [9.17, 15) is 23.6 Å². The van der Waals surface area contributed by atoms with E-state index in [-0.39, 0.29) is 25.2 Å². The summed E-state index contributed by atoms with van der Waals surface area (Å²) in [5, 5.41) is 2.47. The van der Waals surface area contributed by atoms with Crippen molar-refractivity contribution in [1.29, 1.82) is 0 Å². The Morgan fingerprint density at radius 1 is 1.28 bits per heavy atom. The Morgan fingerprint density at radius 2 is 2.04 bits per heavy atom. The molecule has 1 atom stereocenters. The summed E-state index contributed by atoms with van der Waals surface area (Å²) in [5.74, 6) is -3.08. The lowest BCUT2D eigenvalue weighted by Gasteiger charge is -2.17. The number of nitrogens with one attached hydrogen (secondary N) is 1. The van der Waals surface area contributed by atoms with Crippen LogP contribution in [0.4, 0.5) is 14.9 Å². The topological polar surface area (TPSA) is 96.0 Å². The van der Waals surface area contributed by atoms with Crippen LogP contribution in [0.1, 0.15) is 6.42 Å². The highest BCUT2D eigenvalue weighted by Gasteiger charge is 2.37.